The average Bonchev–Trinajstić information content (AvgIpc) is 3.47. The maximum atomic E-state index is 14.4. The third kappa shape index (κ3) is 4.47. The van der Waals surface area contributed by atoms with Gasteiger partial charge in [-0.15, -0.1) is 0 Å². The number of ether oxygens (including phenoxy) is 1. The van der Waals surface area contributed by atoms with Crippen LogP contribution in [0.25, 0.3) is 0 Å². The van der Waals surface area contributed by atoms with Gasteiger partial charge in [-0.05, 0) is 63.0 Å². The molecule has 1 aromatic heterocycles. The molecule has 0 radical (unpaired) electrons. The number of piperidine rings is 1. The SMILES string of the molecule is Fc1cc(F)c(OCc2cccnc2F)c([C@@H]2C[C@H]2NCC2CCNCC2)c1. The molecule has 0 spiro atoms. The molecule has 4 rings (SSSR count). The van der Waals surface area contributed by atoms with E-state index in [1.54, 1.807) is 6.07 Å². The first-order valence-corrected chi connectivity index (χ1v) is 9.77. The number of hydrogen-bond donors (Lipinski definition) is 2. The molecule has 150 valence electrons. The highest BCUT2D eigenvalue weighted by molar-refractivity contribution is 5.42. The molecule has 28 heavy (non-hydrogen) atoms. The van der Waals surface area contributed by atoms with Crippen LogP contribution >= 0.6 is 0 Å². The maximum absolute atomic E-state index is 14.4. The van der Waals surface area contributed by atoms with E-state index in [-0.39, 0.29) is 29.9 Å². The number of halogens is 3. The Morgan fingerprint density at radius 2 is 2.00 bits per heavy atom. The lowest BCUT2D eigenvalue weighted by Crippen LogP contribution is -2.34. The van der Waals surface area contributed by atoms with Gasteiger partial charge in [0.25, 0.3) is 0 Å². The third-order valence-electron chi connectivity index (χ3n) is 5.56. The van der Waals surface area contributed by atoms with Gasteiger partial charge in [0.1, 0.15) is 12.4 Å². The number of pyridine rings is 1. The predicted octanol–water partition coefficient (Wildman–Crippen LogP) is 3.52. The number of nitrogens with one attached hydrogen (secondary N) is 2. The zero-order valence-electron chi connectivity index (χ0n) is 15.6. The van der Waals surface area contributed by atoms with Crippen LogP contribution in [0.4, 0.5) is 13.2 Å². The Kier molecular flexibility index (Phi) is 5.82. The molecule has 2 aliphatic rings. The van der Waals surface area contributed by atoms with Gasteiger partial charge in [0.05, 0.1) is 0 Å². The molecule has 0 amide bonds. The van der Waals surface area contributed by atoms with Crippen LogP contribution in [0.15, 0.2) is 30.5 Å². The summed E-state index contributed by atoms with van der Waals surface area (Å²) in [5.41, 5.74) is 0.734. The van der Waals surface area contributed by atoms with Crippen LogP contribution in [0.2, 0.25) is 0 Å². The number of nitrogens with zero attached hydrogens (tertiary/aromatic N) is 1. The van der Waals surface area contributed by atoms with Gasteiger partial charge in [0, 0.05) is 35.3 Å². The molecule has 0 bridgehead atoms. The smallest absolute Gasteiger partial charge is 0.219 e. The monoisotopic (exact) mass is 391 g/mol. The maximum Gasteiger partial charge on any atom is 0.219 e. The Morgan fingerprint density at radius 3 is 2.79 bits per heavy atom. The van der Waals surface area contributed by atoms with Crippen molar-refractivity contribution in [1.29, 1.82) is 0 Å². The molecule has 1 saturated heterocycles. The van der Waals surface area contributed by atoms with Crippen LogP contribution in [-0.4, -0.2) is 30.7 Å². The minimum atomic E-state index is -0.761. The Bertz CT molecular complexity index is 827. The van der Waals surface area contributed by atoms with Crippen molar-refractivity contribution in [2.75, 3.05) is 19.6 Å². The van der Waals surface area contributed by atoms with Gasteiger partial charge in [-0.3, -0.25) is 0 Å². The van der Waals surface area contributed by atoms with Crippen molar-refractivity contribution >= 4 is 0 Å². The minimum Gasteiger partial charge on any atom is -0.485 e. The molecule has 2 fully saturated rings. The summed E-state index contributed by atoms with van der Waals surface area (Å²) in [5, 5.41) is 6.87. The van der Waals surface area contributed by atoms with Crippen molar-refractivity contribution in [3.63, 3.8) is 0 Å². The van der Waals surface area contributed by atoms with Crippen LogP contribution in [-0.2, 0) is 6.61 Å². The van der Waals surface area contributed by atoms with E-state index >= 15 is 0 Å². The minimum absolute atomic E-state index is 0.000612. The molecule has 2 N–H and O–H groups in total. The van der Waals surface area contributed by atoms with E-state index in [1.807, 2.05) is 0 Å². The molecular formula is C21H24F3N3O. The molecule has 0 unspecified atom stereocenters. The number of aromatic nitrogens is 1. The summed E-state index contributed by atoms with van der Waals surface area (Å²) < 4.78 is 47.5. The molecule has 1 aliphatic heterocycles. The fraction of sp³-hybridized carbons (Fsp3) is 0.476. The van der Waals surface area contributed by atoms with Gasteiger partial charge in [-0.1, -0.05) is 0 Å². The summed E-state index contributed by atoms with van der Waals surface area (Å²) in [5.74, 6) is -1.41. The number of rotatable bonds is 7. The quantitative estimate of drug-likeness (QED) is 0.709. The topological polar surface area (TPSA) is 46.2 Å². The Morgan fingerprint density at radius 1 is 1.18 bits per heavy atom. The summed E-state index contributed by atoms with van der Waals surface area (Å²) in [6.45, 7) is 2.84. The fourth-order valence-electron chi connectivity index (χ4n) is 3.85. The van der Waals surface area contributed by atoms with Crippen LogP contribution in [0.1, 0.15) is 36.3 Å². The van der Waals surface area contributed by atoms with E-state index in [9.17, 15) is 13.2 Å². The third-order valence-corrected chi connectivity index (χ3v) is 5.56. The van der Waals surface area contributed by atoms with Crippen LogP contribution in [0.5, 0.6) is 5.75 Å². The molecule has 2 aromatic rings. The van der Waals surface area contributed by atoms with Crippen LogP contribution in [0.3, 0.4) is 0 Å². The van der Waals surface area contributed by atoms with E-state index in [1.165, 1.54) is 18.3 Å². The second-order valence-corrected chi connectivity index (χ2v) is 7.60. The first-order valence-electron chi connectivity index (χ1n) is 9.77. The molecule has 2 heterocycles. The van der Waals surface area contributed by atoms with Gasteiger partial charge < -0.3 is 15.4 Å². The molecule has 4 nitrogen and oxygen atoms in total. The number of benzene rings is 1. The number of hydrogen-bond acceptors (Lipinski definition) is 4. The fourth-order valence-corrected chi connectivity index (χ4v) is 3.85. The molecule has 1 aliphatic carbocycles. The zero-order valence-corrected chi connectivity index (χ0v) is 15.6. The zero-order chi connectivity index (χ0) is 19.5. The van der Waals surface area contributed by atoms with E-state index in [0.717, 1.165) is 45.0 Å². The highest BCUT2D eigenvalue weighted by atomic mass is 19.1. The van der Waals surface area contributed by atoms with E-state index < -0.39 is 17.6 Å². The highest BCUT2D eigenvalue weighted by Gasteiger charge is 2.41. The normalized spacial score (nSPS) is 22.2. The molecule has 7 heteroatoms. The predicted molar refractivity (Wildman–Crippen MR) is 99.6 cm³/mol. The van der Waals surface area contributed by atoms with E-state index in [0.29, 0.717) is 11.5 Å². The largest absolute Gasteiger partial charge is 0.485 e. The van der Waals surface area contributed by atoms with E-state index in [4.69, 9.17) is 4.74 Å². The molecule has 2 atom stereocenters. The van der Waals surface area contributed by atoms with Crippen molar-refractivity contribution in [2.24, 2.45) is 5.92 Å². The molecular weight excluding hydrogens is 367 g/mol. The molecule has 1 aromatic carbocycles. The van der Waals surface area contributed by atoms with E-state index in [2.05, 4.69) is 15.6 Å². The van der Waals surface area contributed by atoms with Crippen molar-refractivity contribution in [3.05, 3.63) is 59.2 Å². The highest BCUT2D eigenvalue weighted by Crippen LogP contribution is 2.46. The van der Waals surface area contributed by atoms with Gasteiger partial charge in [-0.2, -0.15) is 4.39 Å². The van der Waals surface area contributed by atoms with Crippen molar-refractivity contribution in [1.82, 2.24) is 15.6 Å². The average molecular weight is 391 g/mol. The van der Waals surface area contributed by atoms with Gasteiger partial charge in [-0.25, -0.2) is 13.8 Å². The summed E-state index contributed by atoms with van der Waals surface area (Å²) >= 11 is 0. The Hall–Kier alpha value is -2.12. The van der Waals surface area contributed by atoms with Gasteiger partial charge in [0.15, 0.2) is 11.6 Å². The second kappa shape index (κ2) is 8.49. The van der Waals surface area contributed by atoms with Crippen LogP contribution in [0, 0.1) is 23.5 Å². The lowest BCUT2D eigenvalue weighted by Gasteiger charge is -2.23. The Labute approximate surface area is 162 Å². The lowest BCUT2D eigenvalue weighted by molar-refractivity contribution is 0.278. The first-order chi connectivity index (χ1) is 13.6. The van der Waals surface area contributed by atoms with Crippen molar-refractivity contribution in [2.45, 2.75) is 37.8 Å². The Balaban J connectivity index is 1.43. The van der Waals surface area contributed by atoms with Gasteiger partial charge in [0.2, 0.25) is 5.95 Å². The lowest BCUT2D eigenvalue weighted by atomic mass is 9.98. The summed E-state index contributed by atoms with van der Waals surface area (Å²) in [7, 11) is 0. The van der Waals surface area contributed by atoms with Crippen LogP contribution < -0.4 is 15.4 Å². The first kappa shape index (κ1) is 19.2. The van der Waals surface area contributed by atoms with Crippen molar-refractivity contribution in [3.8, 4) is 5.75 Å². The molecule has 1 saturated carbocycles. The second-order valence-electron chi connectivity index (χ2n) is 7.60. The summed E-state index contributed by atoms with van der Waals surface area (Å²) in [6.07, 6.45) is 4.44. The van der Waals surface area contributed by atoms with Crippen molar-refractivity contribution < 1.29 is 17.9 Å². The summed E-state index contributed by atoms with van der Waals surface area (Å²) in [6, 6.07) is 5.44. The standard InChI is InChI=1S/C21H24F3N3O/c22-15-8-17(16-10-19(16)27-11-13-3-6-25-7-4-13)20(18(23)9-15)28-12-14-2-1-5-26-21(14)24/h1-2,5,8-9,13,16,19,25,27H,3-4,6-7,10-12H2/t16-,19+/m0/s1. The van der Waals surface area contributed by atoms with Gasteiger partial charge >= 0.3 is 0 Å². The summed E-state index contributed by atoms with van der Waals surface area (Å²) in [4.78, 5) is 3.56.